The molecule has 0 bridgehead atoms. The number of benzene rings is 1. The number of nitrogens with zero attached hydrogens (tertiary/aromatic N) is 2. The SMILES string of the molecule is O=C(CCc1nc2ccccc2[nH]1)NCCn1ccc2ccoc2c1=O. The van der Waals surface area contributed by atoms with Crippen molar-refractivity contribution in [2.75, 3.05) is 6.54 Å². The third-order valence-corrected chi connectivity index (χ3v) is 4.29. The Hall–Kier alpha value is -3.35. The number of aryl methyl sites for hydroxylation is 1. The molecule has 3 aromatic heterocycles. The summed E-state index contributed by atoms with van der Waals surface area (Å²) in [5.41, 5.74) is 2.01. The van der Waals surface area contributed by atoms with E-state index < -0.39 is 0 Å². The average molecular weight is 350 g/mol. The minimum Gasteiger partial charge on any atom is -0.459 e. The summed E-state index contributed by atoms with van der Waals surface area (Å²) in [5, 5.41) is 3.61. The maximum absolute atomic E-state index is 12.2. The second kappa shape index (κ2) is 6.87. The fraction of sp³-hybridized carbons (Fsp3) is 0.211. The molecule has 1 aromatic carbocycles. The number of carbonyl (C=O) groups excluding carboxylic acids is 1. The predicted molar refractivity (Wildman–Crippen MR) is 97.9 cm³/mol. The Labute approximate surface area is 148 Å². The number of H-pyrrole nitrogens is 1. The summed E-state index contributed by atoms with van der Waals surface area (Å²) in [4.78, 5) is 31.9. The highest BCUT2D eigenvalue weighted by Crippen LogP contribution is 2.11. The second-order valence-corrected chi connectivity index (χ2v) is 6.07. The highest BCUT2D eigenvalue weighted by molar-refractivity contribution is 5.77. The number of furan rings is 1. The summed E-state index contributed by atoms with van der Waals surface area (Å²) < 4.78 is 6.73. The molecule has 7 nitrogen and oxygen atoms in total. The molecule has 0 aliphatic heterocycles. The third kappa shape index (κ3) is 3.23. The molecule has 0 aliphatic carbocycles. The maximum atomic E-state index is 12.2. The van der Waals surface area contributed by atoms with Crippen molar-refractivity contribution < 1.29 is 9.21 Å². The molecule has 132 valence electrons. The van der Waals surface area contributed by atoms with Crippen LogP contribution in [0, 0.1) is 0 Å². The summed E-state index contributed by atoms with van der Waals surface area (Å²) in [5.74, 6) is 0.721. The van der Waals surface area contributed by atoms with Crippen LogP contribution in [0.25, 0.3) is 22.0 Å². The van der Waals surface area contributed by atoms with E-state index in [-0.39, 0.29) is 11.5 Å². The Morgan fingerprint density at radius 3 is 3.00 bits per heavy atom. The zero-order valence-corrected chi connectivity index (χ0v) is 14.1. The van der Waals surface area contributed by atoms with Gasteiger partial charge in [-0.05, 0) is 24.3 Å². The van der Waals surface area contributed by atoms with Crippen molar-refractivity contribution >= 4 is 27.9 Å². The number of hydrogen-bond acceptors (Lipinski definition) is 4. The lowest BCUT2D eigenvalue weighted by atomic mass is 10.3. The number of pyridine rings is 1. The molecule has 4 rings (SSSR count). The minimum atomic E-state index is -0.191. The number of carbonyl (C=O) groups is 1. The van der Waals surface area contributed by atoms with Gasteiger partial charge in [0.05, 0.1) is 17.3 Å². The summed E-state index contributed by atoms with van der Waals surface area (Å²) in [7, 11) is 0. The highest BCUT2D eigenvalue weighted by Gasteiger charge is 2.08. The monoisotopic (exact) mass is 350 g/mol. The van der Waals surface area contributed by atoms with Crippen LogP contribution in [0.5, 0.6) is 0 Å². The fourth-order valence-corrected chi connectivity index (χ4v) is 2.93. The summed E-state index contributed by atoms with van der Waals surface area (Å²) in [6.45, 7) is 0.775. The first kappa shape index (κ1) is 16.1. The van der Waals surface area contributed by atoms with Crippen LogP contribution >= 0.6 is 0 Å². The number of para-hydroxylation sites is 2. The van der Waals surface area contributed by atoms with Crippen LogP contribution in [0.15, 0.2) is 58.1 Å². The van der Waals surface area contributed by atoms with E-state index >= 15 is 0 Å². The number of hydrogen-bond donors (Lipinski definition) is 2. The van der Waals surface area contributed by atoms with Gasteiger partial charge in [0.25, 0.3) is 5.56 Å². The number of rotatable bonds is 6. The molecule has 4 aromatic rings. The van der Waals surface area contributed by atoms with E-state index in [0.717, 1.165) is 22.2 Å². The molecule has 1 amide bonds. The van der Waals surface area contributed by atoms with Crippen LogP contribution in [0.1, 0.15) is 12.2 Å². The molecule has 2 N–H and O–H groups in total. The molecule has 7 heteroatoms. The van der Waals surface area contributed by atoms with E-state index in [4.69, 9.17) is 4.42 Å². The van der Waals surface area contributed by atoms with Crippen molar-refractivity contribution in [3.63, 3.8) is 0 Å². The Kier molecular flexibility index (Phi) is 4.27. The minimum absolute atomic E-state index is 0.0717. The topological polar surface area (TPSA) is 92.9 Å². The average Bonchev–Trinajstić information content (AvgIpc) is 3.28. The van der Waals surface area contributed by atoms with Gasteiger partial charge in [0.1, 0.15) is 5.82 Å². The molecule has 3 heterocycles. The Morgan fingerprint density at radius 2 is 2.12 bits per heavy atom. The smallest absolute Gasteiger partial charge is 0.294 e. The predicted octanol–water partition coefficient (Wildman–Crippen LogP) is 2.22. The van der Waals surface area contributed by atoms with Gasteiger partial charge >= 0.3 is 0 Å². The molecule has 0 radical (unpaired) electrons. The lowest BCUT2D eigenvalue weighted by molar-refractivity contribution is -0.121. The van der Waals surface area contributed by atoms with Gasteiger partial charge in [-0.2, -0.15) is 0 Å². The molecule has 0 saturated carbocycles. The highest BCUT2D eigenvalue weighted by atomic mass is 16.3. The van der Waals surface area contributed by atoms with Gasteiger partial charge in [0, 0.05) is 37.5 Å². The summed E-state index contributed by atoms with van der Waals surface area (Å²) >= 11 is 0. The molecule has 0 aliphatic rings. The third-order valence-electron chi connectivity index (χ3n) is 4.29. The molecule has 0 unspecified atom stereocenters. The van der Waals surface area contributed by atoms with Crippen molar-refractivity contribution in [1.82, 2.24) is 19.9 Å². The fourth-order valence-electron chi connectivity index (χ4n) is 2.93. The van der Waals surface area contributed by atoms with Crippen LogP contribution in [0.2, 0.25) is 0 Å². The standard InChI is InChI=1S/C19H18N4O3/c24-17(6-5-16-21-14-3-1-2-4-15(14)22-16)20-9-11-23-10-7-13-8-12-26-18(13)19(23)25/h1-4,7-8,10,12H,5-6,9,11H2,(H,20,24)(H,21,22). The normalized spacial score (nSPS) is 11.2. The van der Waals surface area contributed by atoms with E-state index in [0.29, 0.717) is 31.5 Å². The van der Waals surface area contributed by atoms with Crippen molar-refractivity contribution in [3.05, 3.63) is 65.0 Å². The Morgan fingerprint density at radius 1 is 1.23 bits per heavy atom. The number of fused-ring (bicyclic) bond motifs is 2. The molecular formula is C19H18N4O3. The van der Waals surface area contributed by atoms with E-state index in [9.17, 15) is 9.59 Å². The first-order chi connectivity index (χ1) is 12.7. The van der Waals surface area contributed by atoms with E-state index in [2.05, 4.69) is 15.3 Å². The quantitative estimate of drug-likeness (QED) is 0.558. The maximum Gasteiger partial charge on any atom is 0.294 e. The molecule has 26 heavy (non-hydrogen) atoms. The lowest BCUT2D eigenvalue weighted by Crippen LogP contribution is -2.30. The first-order valence-electron chi connectivity index (χ1n) is 8.48. The first-order valence-corrected chi connectivity index (χ1v) is 8.48. The molecule has 0 saturated heterocycles. The molecule has 0 fully saturated rings. The molecule has 0 atom stereocenters. The van der Waals surface area contributed by atoms with Gasteiger partial charge in [0.15, 0.2) is 5.58 Å². The van der Waals surface area contributed by atoms with Gasteiger partial charge in [-0.1, -0.05) is 12.1 Å². The van der Waals surface area contributed by atoms with Gasteiger partial charge in [-0.15, -0.1) is 0 Å². The zero-order chi connectivity index (χ0) is 17.9. The van der Waals surface area contributed by atoms with Gasteiger partial charge < -0.3 is 19.3 Å². The van der Waals surface area contributed by atoms with E-state index in [1.54, 1.807) is 12.3 Å². The van der Waals surface area contributed by atoms with Crippen molar-refractivity contribution in [2.24, 2.45) is 0 Å². The van der Waals surface area contributed by atoms with Crippen LogP contribution in [-0.4, -0.2) is 27.0 Å². The summed E-state index contributed by atoms with van der Waals surface area (Å²) in [6.07, 6.45) is 4.09. The van der Waals surface area contributed by atoms with Crippen LogP contribution in [0.3, 0.4) is 0 Å². The molecule has 0 spiro atoms. The number of imidazole rings is 1. The van der Waals surface area contributed by atoms with Gasteiger partial charge in [-0.25, -0.2) is 4.98 Å². The second-order valence-electron chi connectivity index (χ2n) is 6.07. The number of aromatic amines is 1. The van der Waals surface area contributed by atoms with E-state index in [1.807, 2.05) is 30.3 Å². The Balaban J connectivity index is 1.29. The van der Waals surface area contributed by atoms with E-state index in [1.165, 1.54) is 10.8 Å². The number of amides is 1. The largest absolute Gasteiger partial charge is 0.459 e. The van der Waals surface area contributed by atoms with Crippen molar-refractivity contribution in [2.45, 2.75) is 19.4 Å². The van der Waals surface area contributed by atoms with Crippen LogP contribution < -0.4 is 10.9 Å². The van der Waals surface area contributed by atoms with Crippen LogP contribution in [0.4, 0.5) is 0 Å². The number of nitrogens with one attached hydrogen (secondary N) is 2. The van der Waals surface area contributed by atoms with Crippen molar-refractivity contribution in [1.29, 1.82) is 0 Å². The van der Waals surface area contributed by atoms with Crippen molar-refractivity contribution in [3.8, 4) is 0 Å². The Bertz CT molecular complexity index is 1090. The zero-order valence-electron chi connectivity index (χ0n) is 14.1. The van der Waals surface area contributed by atoms with Gasteiger partial charge in [0.2, 0.25) is 5.91 Å². The van der Waals surface area contributed by atoms with Gasteiger partial charge in [-0.3, -0.25) is 9.59 Å². The molecular weight excluding hydrogens is 332 g/mol. The lowest BCUT2D eigenvalue weighted by Gasteiger charge is -2.07. The van der Waals surface area contributed by atoms with Crippen LogP contribution in [-0.2, 0) is 17.8 Å². The summed E-state index contributed by atoms with van der Waals surface area (Å²) in [6, 6.07) is 11.3. The number of aromatic nitrogens is 3.